The molecule has 0 bridgehead atoms. The molecule has 5 heteroatoms. The van der Waals surface area contributed by atoms with E-state index >= 15 is 0 Å². The lowest BCUT2D eigenvalue weighted by atomic mass is 10.2. The second-order valence-electron chi connectivity index (χ2n) is 3.68. The van der Waals surface area contributed by atoms with Gasteiger partial charge in [0, 0.05) is 4.47 Å². The molecule has 0 aliphatic rings. The normalized spacial score (nSPS) is 10.6. The van der Waals surface area contributed by atoms with Gasteiger partial charge in [0.15, 0.2) is 0 Å². The van der Waals surface area contributed by atoms with Gasteiger partial charge in [-0.2, -0.15) is 9.78 Å². The van der Waals surface area contributed by atoms with Crippen LogP contribution in [-0.2, 0) is 0 Å². The van der Waals surface area contributed by atoms with Crippen molar-refractivity contribution in [3.05, 3.63) is 50.2 Å². The number of aromatic nitrogens is 2. The molecule has 88 valence electrons. The van der Waals surface area contributed by atoms with E-state index in [0.717, 1.165) is 20.3 Å². The van der Waals surface area contributed by atoms with Crippen molar-refractivity contribution in [3.63, 3.8) is 0 Å². The summed E-state index contributed by atoms with van der Waals surface area (Å²) < 4.78 is 3.06. The number of carbonyl (C=O) groups excluding carboxylic acids is 1. The van der Waals surface area contributed by atoms with Crippen molar-refractivity contribution in [2.24, 2.45) is 0 Å². The van der Waals surface area contributed by atoms with E-state index < -0.39 is 0 Å². The number of rotatable bonds is 1. The average Bonchev–Trinajstić information content (AvgIpc) is 2.57. The molecule has 0 N–H and O–H groups in total. The van der Waals surface area contributed by atoms with Crippen LogP contribution < -0.4 is 0 Å². The van der Waals surface area contributed by atoms with E-state index in [1.54, 1.807) is 6.07 Å². The van der Waals surface area contributed by atoms with Crippen molar-refractivity contribution in [2.75, 3.05) is 0 Å². The zero-order chi connectivity index (χ0) is 12.6. The van der Waals surface area contributed by atoms with Crippen LogP contribution in [0.5, 0.6) is 0 Å². The number of aryl methyl sites for hydroxylation is 1. The van der Waals surface area contributed by atoms with Crippen molar-refractivity contribution in [3.8, 4) is 0 Å². The molecule has 0 saturated heterocycles. The largest absolute Gasteiger partial charge is 0.279 e. The zero-order valence-corrected chi connectivity index (χ0v) is 12.5. The SMILES string of the molecule is Cc1nn(C(=O)c2ccccc2Br)c(C)c1Br. The Hall–Kier alpha value is -0.940. The highest BCUT2D eigenvalue weighted by Crippen LogP contribution is 2.22. The van der Waals surface area contributed by atoms with Crippen LogP contribution >= 0.6 is 31.9 Å². The molecule has 2 rings (SSSR count). The van der Waals surface area contributed by atoms with Crippen molar-refractivity contribution in [1.29, 1.82) is 0 Å². The average molecular weight is 358 g/mol. The molecular formula is C12H10Br2N2O. The minimum Gasteiger partial charge on any atom is -0.267 e. The van der Waals surface area contributed by atoms with Crippen LogP contribution in [-0.4, -0.2) is 15.7 Å². The Bertz CT molecular complexity index is 590. The number of halogens is 2. The van der Waals surface area contributed by atoms with E-state index in [0.29, 0.717) is 5.56 Å². The van der Waals surface area contributed by atoms with E-state index in [2.05, 4.69) is 37.0 Å². The first-order valence-corrected chi connectivity index (χ1v) is 6.62. The summed E-state index contributed by atoms with van der Waals surface area (Å²) in [6.07, 6.45) is 0. The smallest absolute Gasteiger partial charge is 0.267 e. The molecule has 1 aromatic carbocycles. The lowest BCUT2D eigenvalue weighted by Gasteiger charge is -2.04. The molecule has 0 fully saturated rings. The monoisotopic (exact) mass is 356 g/mol. The van der Waals surface area contributed by atoms with Crippen LogP contribution in [0.2, 0.25) is 0 Å². The number of nitrogens with zero attached hydrogens (tertiary/aromatic N) is 2. The highest BCUT2D eigenvalue weighted by atomic mass is 79.9. The molecule has 2 aromatic rings. The Kier molecular flexibility index (Phi) is 3.49. The molecule has 17 heavy (non-hydrogen) atoms. The minimum atomic E-state index is -0.135. The summed E-state index contributed by atoms with van der Waals surface area (Å²) in [7, 11) is 0. The van der Waals surface area contributed by atoms with Gasteiger partial charge in [0.25, 0.3) is 5.91 Å². The molecular weight excluding hydrogens is 348 g/mol. The molecule has 0 saturated carbocycles. The summed E-state index contributed by atoms with van der Waals surface area (Å²) in [6, 6.07) is 7.32. The number of benzene rings is 1. The van der Waals surface area contributed by atoms with Crippen LogP contribution in [0, 0.1) is 13.8 Å². The lowest BCUT2D eigenvalue weighted by molar-refractivity contribution is 0.0941. The Morgan fingerprint density at radius 2 is 1.88 bits per heavy atom. The predicted molar refractivity (Wildman–Crippen MR) is 73.3 cm³/mol. The zero-order valence-electron chi connectivity index (χ0n) is 9.37. The van der Waals surface area contributed by atoms with Gasteiger partial charge in [-0.25, -0.2) is 0 Å². The van der Waals surface area contributed by atoms with E-state index in [9.17, 15) is 4.79 Å². The molecule has 0 spiro atoms. The summed E-state index contributed by atoms with van der Waals surface area (Å²) >= 11 is 6.78. The first-order valence-electron chi connectivity index (χ1n) is 5.03. The maximum atomic E-state index is 12.3. The minimum absolute atomic E-state index is 0.135. The fourth-order valence-electron chi connectivity index (χ4n) is 1.57. The van der Waals surface area contributed by atoms with Gasteiger partial charge in [-0.1, -0.05) is 12.1 Å². The Morgan fingerprint density at radius 3 is 2.41 bits per heavy atom. The van der Waals surface area contributed by atoms with Gasteiger partial charge in [0.2, 0.25) is 0 Å². The van der Waals surface area contributed by atoms with Crippen LogP contribution in [0.25, 0.3) is 0 Å². The molecule has 0 aliphatic heterocycles. The maximum Gasteiger partial charge on any atom is 0.279 e. The topological polar surface area (TPSA) is 34.9 Å². The van der Waals surface area contributed by atoms with Crippen LogP contribution in [0.15, 0.2) is 33.2 Å². The van der Waals surface area contributed by atoms with Gasteiger partial charge in [-0.15, -0.1) is 0 Å². The van der Waals surface area contributed by atoms with Gasteiger partial charge >= 0.3 is 0 Å². The van der Waals surface area contributed by atoms with Gasteiger partial charge in [-0.3, -0.25) is 4.79 Å². The summed E-state index contributed by atoms with van der Waals surface area (Å²) in [5.41, 5.74) is 2.22. The fraction of sp³-hybridized carbons (Fsp3) is 0.167. The maximum absolute atomic E-state index is 12.3. The van der Waals surface area contributed by atoms with Gasteiger partial charge in [-0.05, 0) is 57.8 Å². The Labute approximate surface area is 116 Å². The predicted octanol–water partition coefficient (Wildman–Crippen LogP) is 3.71. The van der Waals surface area contributed by atoms with Crippen molar-refractivity contribution < 1.29 is 4.79 Å². The summed E-state index contributed by atoms with van der Waals surface area (Å²) in [6.45, 7) is 3.72. The molecule has 0 aliphatic carbocycles. The number of carbonyl (C=O) groups is 1. The summed E-state index contributed by atoms with van der Waals surface area (Å²) in [4.78, 5) is 12.3. The third kappa shape index (κ3) is 2.21. The van der Waals surface area contributed by atoms with Gasteiger partial charge in [0.1, 0.15) is 0 Å². The van der Waals surface area contributed by atoms with Gasteiger partial charge < -0.3 is 0 Å². The highest BCUT2D eigenvalue weighted by molar-refractivity contribution is 9.10. The standard InChI is InChI=1S/C12H10Br2N2O/c1-7-11(14)8(2)16(15-7)12(17)9-5-3-4-6-10(9)13/h3-6H,1-2H3. The van der Waals surface area contributed by atoms with Crippen LogP contribution in [0.4, 0.5) is 0 Å². The first kappa shape index (κ1) is 12.5. The van der Waals surface area contributed by atoms with Crippen LogP contribution in [0.1, 0.15) is 21.7 Å². The molecule has 0 unspecified atom stereocenters. The van der Waals surface area contributed by atoms with Gasteiger partial charge in [0.05, 0.1) is 21.4 Å². The number of hydrogen-bond donors (Lipinski definition) is 0. The molecule has 1 aromatic heterocycles. The Balaban J connectivity index is 2.52. The fourth-order valence-corrected chi connectivity index (χ4v) is 2.27. The molecule has 0 radical (unpaired) electrons. The van der Waals surface area contributed by atoms with Crippen molar-refractivity contribution in [1.82, 2.24) is 9.78 Å². The quantitative estimate of drug-likeness (QED) is 0.779. The second kappa shape index (κ2) is 4.74. The number of hydrogen-bond acceptors (Lipinski definition) is 2. The second-order valence-corrected chi connectivity index (χ2v) is 5.33. The molecule has 3 nitrogen and oxygen atoms in total. The Morgan fingerprint density at radius 1 is 1.24 bits per heavy atom. The highest BCUT2D eigenvalue weighted by Gasteiger charge is 2.17. The third-order valence-electron chi connectivity index (χ3n) is 2.50. The van der Waals surface area contributed by atoms with E-state index in [1.165, 1.54) is 4.68 Å². The summed E-state index contributed by atoms with van der Waals surface area (Å²) in [5, 5.41) is 4.23. The third-order valence-corrected chi connectivity index (χ3v) is 4.34. The molecule has 0 atom stereocenters. The summed E-state index contributed by atoms with van der Waals surface area (Å²) in [5.74, 6) is -0.135. The van der Waals surface area contributed by atoms with E-state index in [4.69, 9.17) is 0 Å². The van der Waals surface area contributed by atoms with Crippen LogP contribution in [0.3, 0.4) is 0 Å². The van der Waals surface area contributed by atoms with Crippen molar-refractivity contribution >= 4 is 37.8 Å². The van der Waals surface area contributed by atoms with E-state index in [-0.39, 0.29) is 5.91 Å². The first-order chi connectivity index (χ1) is 8.02. The molecule has 0 amide bonds. The van der Waals surface area contributed by atoms with Crippen molar-refractivity contribution in [2.45, 2.75) is 13.8 Å². The molecule has 1 heterocycles. The van der Waals surface area contributed by atoms with E-state index in [1.807, 2.05) is 32.0 Å². The lowest BCUT2D eigenvalue weighted by Crippen LogP contribution is -2.15.